The first-order valence-corrected chi connectivity index (χ1v) is 5.85. The molecule has 0 spiro atoms. The van der Waals surface area contributed by atoms with Crippen LogP contribution in [-0.2, 0) is 9.84 Å². The molecule has 0 radical (unpaired) electrons. The summed E-state index contributed by atoms with van der Waals surface area (Å²) in [7, 11) is -2.84. The number of hydrogen-bond donors (Lipinski definition) is 0. The molecule has 0 saturated heterocycles. The van der Waals surface area contributed by atoms with Gasteiger partial charge in [0.15, 0.2) is 9.84 Å². The van der Waals surface area contributed by atoms with E-state index in [9.17, 15) is 8.42 Å². The van der Waals surface area contributed by atoms with Crippen molar-refractivity contribution in [3.05, 3.63) is 8.48 Å². The van der Waals surface area contributed by atoms with Crippen molar-refractivity contribution < 1.29 is 8.42 Å². The summed E-state index contributed by atoms with van der Waals surface area (Å²) in [6.45, 7) is 1.69. The molecule has 0 aliphatic carbocycles. The van der Waals surface area contributed by atoms with Crippen LogP contribution in [0.5, 0.6) is 0 Å². The molecule has 1 heterocycles. The number of halogens is 1. The van der Waals surface area contributed by atoms with Crippen LogP contribution in [0.25, 0.3) is 0 Å². The van der Waals surface area contributed by atoms with Crippen LogP contribution in [0, 0.1) is 0 Å². The van der Waals surface area contributed by atoms with Crippen molar-refractivity contribution in [3.8, 4) is 0 Å². The van der Waals surface area contributed by atoms with Crippen LogP contribution in [-0.4, -0.2) is 14.2 Å². The van der Waals surface area contributed by atoms with Crippen molar-refractivity contribution in [3.63, 3.8) is 0 Å². The smallest absolute Gasteiger partial charge is 0.175 e. The van der Waals surface area contributed by atoms with E-state index in [0.29, 0.717) is 10.7 Å². The molecule has 0 aromatic rings. The SMILES string of the molecule is CC1=C(I)CCCS1(=O)=O. The van der Waals surface area contributed by atoms with E-state index in [1.54, 1.807) is 6.92 Å². The zero-order chi connectivity index (χ0) is 7.78. The second kappa shape index (κ2) is 2.81. The molecular weight excluding hydrogens is 263 g/mol. The summed E-state index contributed by atoms with van der Waals surface area (Å²) in [5.41, 5.74) is 0. The van der Waals surface area contributed by atoms with Crippen LogP contribution in [0.1, 0.15) is 19.8 Å². The molecule has 0 atom stereocenters. The van der Waals surface area contributed by atoms with Crippen LogP contribution < -0.4 is 0 Å². The Bertz CT molecular complexity index is 263. The van der Waals surface area contributed by atoms with Crippen LogP contribution in [0.15, 0.2) is 8.48 Å². The lowest BCUT2D eigenvalue weighted by Gasteiger charge is -2.12. The van der Waals surface area contributed by atoms with Gasteiger partial charge in [0.05, 0.1) is 10.7 Å². The zero-order valence-electron chi connectivity index (χ0n) is 5.72. The maximum atomic E-state index is 11.1. The second-order valence-corrected chi connectivity index (χ2v) is 5.94. The van der Waals surface area contributed by atoms with Crippen LogP contribution in [0.3, 0.4) is 0 Å². The summed E-state index contributed by atoms with van der Waals surface area (Å²) in [4.78, 5) is 0.583. The first kappa shape index (κ1) is 8.52. The normalized spacial score (nSPS) is 25.0. The Balaban J connectivity index is 3.14. The van der Waals surface area contributed by atoms with Gasteiger partial charge in [-0.3, -0.25) is 0 Å². The molecule has 4 heteroatoms. The van der Waals surface area contributed by atoms with Gasteiger partial charge in [-0.15, -0.1) is 0 Å². The quantitative estimate of drug-likeness (QED) is 0.631. The molecule has 0 aromatic heterocycles. The highest BCUT2D eigenvalue weighted by Crippen LogP contribution is 2.28. The van der Waals surface area contributed by atoms with E-state index in [-0.39, 0.29) is 0 Å². The molecule has 1 rings (SSSR count). The summed E-state index contributed by atoms with van der Waals surface area (Å²) in [6.07, 6.45) is 1.73. The van der Waals surface area contributed by atoms with Crippen LogP contribution in [0.4, 0.5) is 0 Å². The van der Waals surface area contributed by atoms with Gasteiger partial charge < -0.3 is 0 Å². The number of hydrogen-bond acceptors (Lipinski definition) is 2. The maximum Gasteiger partial charge on any atom is 0.175 e. The first-order valence-electron chi connectivity index (χ1n) is 3.12. The van der Waals surface area contributed by atoms with Gasteiger partial charge in [0.2, 0.25) is 0 Å². The van der Waals surface area contributed by atoms with Gasteiger partial charge in [-0.2, -0.15) is 0 Å². The highest BCUT2D eigenvalue weighted by molar-refractivity contribution is 14.1. The van der Waals surface area contributed by atoms with E-state index in [4.69, 9.17) is 0 Å². The molecule has 0 unspecified atom stereocenters. The summed E-state index contributed by atoms with van der Waals surface area (Å²) < 4.78 is 23.3. The largest absolute Gasteiger partial charge is 0.224 e. The fraction of sp³-hybridized carbons (Fsp3) is 0.667. The fourth-order valence-corrected chi connectivity index (χ4v) is 3.57. The number of allylic oxidation sites excluding steroid dienone is 2. The number of rotatable bonds is 0. The zero-order valence-corrected chi connectivity index (χ0v) is 8.70. The highest BCUT2D eigenvalue weighted by atomic mass is 127. The van der Waals surface area contributed by atoms with Crippen molar-refractivity contribution in [1.82, 2.24) is 0 Å². The van der Waals surface area contributed by atoms with Crippen molar-refractivity contribution in [2.24, 2.45) is 0 Å². The van der Waals surface area contributed by atoms with Gasteiger partial charge in [0.1, 0.15) is 0 Å². The van der Waals surface area contributed by atoms with Gasteiger partial charge in [0.25, 0.3) is 0 Å². The molecule has 58 valence electrons. The molecule has 0 bridgehead atoms. The molecule has 0 fully saturated rings. The minimum atomic E-state index is -2.84. The lowest BCUT2D eigenvalue weighted by molar-refractivity contribution is 0.596. The molecule has 1 aliphatic rings. The van der Waals surface area contributed by atoms with Crippen molar-refractivity contribution in [2.45, 2.75) is 19.8 Å². The first-order chi connectivity index (χ1) is 4.54. The topological polar surface area (TPSA) is 34.1 Å². The third-order valence-corrected chi connectivity index (χ3v) is 5.38. The molecule has 2 nitrogen and oxygen atoms in total. The monoisotopic (exact) mass is 272 g/mol. The number of sulfone groups is 1. The van der Waals surface area contributed by atoms with E-state index < -0.39 is 9.84 Å². The van der Waals surface area contributed by atoms with Crippen molar-refractivity contribution in [2.75, 3.05) is 5.75 Å². The molecule has 0 N–H and O–H groups in total. The lowest BCUT2D eigenvalue weighted by Crippen LogP contribution is -2.12. The average molecular weight is 272 g/mol. The van der Waals surface area contributed by atoms with E-state index >= 15 is 0 Å². The predicted molar refractivity (Wildman–Crippen MR) is 49.7 cm³/mol. The maximum absolute atomic E-state index is 11.1. The standard InChI is InChI=1S/C6H9IO2S/c1-5-6(7)3-2-4-10(5,8)9/h2-4H2,1H3. The fourth-order valence-electron chi connectivity index (χ4n) is 0.915. The third kappa shape index (κ3) is 1.53. The Morgan fingerprint density at radius 2 is 2.10 bits per heavy atom. The van der Waals surface area contributed by atoms with Gasteiger partial charge in [-0.05, 0) is 42.4 Å². The summed E-state index contributed by atoms with van der Waals surface area (Å²) >= 11 is 2.11. The van der Waals surface area contributed by atoms with Gasteiger partial charge in [-0.1, -0.05) is 0 Å². The lowest BCUT2D eigenvalue weighted by atomic mass is 10.3. The Morgan fingerprint density at radius 3 is 2.50 bits per heavy atom. The minimum absolute atomic E-state index is 0.339. The Labute approximate surface area is 74.8 Å². The summed E-state index contributed by atoms with van der Waals surface area (Å²) in [5.74, 6) is 0.339. The third-order valence-electron chi connectivity index (χ3n) is 1.66. The predicted octanol–water partition coefficient (Wildman–Crippen LogP) is 1.86. The molecule has 1 aliphatic heterocycles. The van der Waals surface area contributed by atoms with E-state index in [0.717, 1.165) is 16.4 Å². The highest BCUT2D eigenvalue weighted by Gasteiger charge is 2.20. The van der Waals surface area contributed by atoms with Crippen molar-refractivity contribution in [1.29, 1.82) is 0 Å². The summed E-state index contributed by atoms with van der Waals surface area (Å²) in [6, 6.07) is 0. The Kier molecular flexibility index (Phi) is 2.39. The van der Waals surface area contributed by atoms with E-state index in [2.05, 4.69) is 22.6 Å². The average Bonchev–Trinajstić information content (AvgIpc) is 1.83. The summed E-state index contributed by atoms with van der Waals surface area (Å²) in [5, 5.41) is 0. The van der Waals surface area contributed by atoms with Gasteiger partial charge in [-0.25, -0.2) is 8.42 Å². The second-order valence-electron chi connectivity index (χ2n) is 2.38. The van der Waals surface area contributed by atoms with E-state index in [1.807, 2.05) is 0 Å². The van der Waals surface area contributed by atoms with Crippen LogP contribution >= 0.6 is 22.6 Å². The molecule has 0 amide bonds. The Hall–Kier alpha value is 0.420. The molecular formula is C6H9IO2S. The molecule has 0 saturated carbocycles. The Morgan fingerprint density at radius 1 is 1.50 bits per heavy atom. The minimum Gasteiger partial charge on any atom is -0.224 e. The van der Waals surface area contributed by atoms with E-state index in [1.165, 1.54) is 0 Å². The van der Waals surface area contributed by atoms with Crippen LogP contribution in [0.2, 0.25) is 0 Å². The van der Waals surface area contributed by atoms with Crippen molar-refractivity contribution >= 4 is 32.4 Å². The molecule has 10 heavy (non-hydrogen) atoms. The molecule has 0 aromatic carbocycles. The van der Waals surface area contributed by atoms with Gasteiger partial charge >= 0.3 is 0 Å². The van der Waals surface area contributed by atoms with Gasteiger partial charge in [0, 0.05) is 3.58 Å².